The Kier molecular flexibility index (Phi) is 6.67. The van der Waals surface area contributed by atoms with Crippen LogP contribution in [0.1, 0.15) is 65.9 Å². The number of hydrogen-bond donors (Lipinski definition) is 0. The van der Waals surface area contributed by atoms with E-state index in [9.17, 15) is 0 Å². The van der Waals surface area contributed by atoms with Gasteiger partial charge in [-0.25, -0.2) is 0 Å². The summed E-state index contributed by atoms with van der Waals surface area (Å²) >= 11 is 0. The maximum atomic E-state index is 6.52. The molecule has 0 N–H and O–H groups in total. The maximum Gasteiger partial charge on any atom is 0.172 e. The van der Waals surface area contributed by atoms with E-state index in [1.165, 1.54) is 5.56 Å². The fourth-order valence-electron chi connectivity index (χ4n) is 5.36. The average molecular weight is 434 g/mol. The Labute approximate surface area is 187 Å². The second-order valence-electron chi connectivity index (χ2n) is 10.0. The van der Waals surface area contributed by atoms with Crippen molar-refractivity contribution >= 4 is 0 Å². The zero-order chi connectivity index (χ0) is 22.1. The Morgan fingerprint density at radius 2 is 1.77 bits per heavy atom. The van der Waals surface area contributed by atoms with Crippen LogP contribution in [0.4, 0.5) is 0 Å². The molecule has 0 aromatic heterocycles. The van der Waals surface area contributed by atoms with Crippen LogP contribution in [0.5, 0.6) is 5.75 Å². The lowest BCUT2D eigenvalue weighted by Crippen LogP contribution is -2.67. The molecule has 0 aliphatic carbocycles. The lowest BCUT2D eigenvalue weighted by atomic mass is 9.73. The van der Waals surface area contributed by atoms with Crippen molar-refractivity contribution < 1.29 is 23.8 Å². The van der Waals surface area contributed by atoms with E-state index in [2.05, 4.69) is 51.8 Å². The Morgan fingerprint density at radius 3 is 2.35 bits per heavy atom. The number of benzene rings is 1. The first-order chi connectivity index (χ1) is 14.8. The number of ether oxygens (including phenoxy) is 4. The molecule has 1 spiro atoms. The van der Waals surface area contributed by atoms with Crippen LogP contribution < -0.4 is 4.74 Å². The summed E-state index contributed by atoms with van der Waals surface area (Å²) < 4.78 is 23.5. The molecule has 0 bridgehead atoms. The number of rotatable bonds is 9. The van der Waals surface area contributed by atoms with Gasteiger partial charge in [-0.05, 0) is 57.7 Å². The van der Waals surface area contributed by atoms with E-state index in [1.807, 2.05) is 12.1 Å². The Hall–Kier alpha value is -1.18. The van der Waals surface area contributed by atoms with Gasteiger partial charge in [-0.3, -0.25) is 4.84 Å². The smallest absolute Gasteiger partial charge is 0.172 e. The molecule has 0 radical (unpaired) electrons. The topological polar surface area (TPSA) is 52.7 Å². The predicted molar refractivity (Wildman–Crippen MR) is 119 cm³/mol. The van der Waals surface area contributed by atoms with Crippen molar-refractivity contribution in [2.45, 2.75) is 95.8 Å². The molecule has 3 unspecified atom stereocenters. The molecule has 4 rings (SSSR count). The number of hydroxylamine groups is 2. The third-order valence-electron chi connectivity index (χ3n) is 6.97. The van der Waals surface area contributed by atoms with Crippen molar-refractivity contribution in [2.24, 2.45) is 0 Å². The first kappa shape index (κ1) is 23.0. The fourth-order valence-corrected chi connectivity index (χ4v) is 5.36. The average Bonchev–Trinajstić information content (AvgIpc) is 3.51. The second-order valence-corrected chi connectivity index (χ2v) is 10.0. The van der Waals surface area contributed by atoms with Crippen LogP contribution in [0.3, 0.4) is 0 Å². The zero-order valence-electron chi connectivity index (χ0n) is 19.8. The van der Waals surface area contributed by atoms with Crippen LogP contribution in [0, 0.1) is 0 Å². The van der Waals surface area contributed by atoms with Gasteiger partial charge in [-0.1, -0.05) is 26.0 Å². The third-order valence-corrected chi connectivity index (χ3v) is 6.97. The molecule has 0 amide bonds. The van der Waals surface area contributed by atoms with Gasteiger partial charge in [0, 0.05) is 18.4 Å². The van der Waals surface area contributed by atoms with Crippen molar-refractivity contribution in [2.75, 3.05) is 26.4 Å². The number of epoxide rings is 1. The molecule has 31 heavy (non-hydrogen) atoms. The van der Waals surface area contributed by atoms with Crippen LogP contribution in [-0.2, 0) is 25.5 Å². The van der Waals surface area contributed by atoms with E-state index in [0.717, 1.165) is 44.5 Å². The highest BCUT2D eigenvalue weighted by Gasteiger charge is 2.59. The minimum Gasteiger partial charge on any atom is -0.491 e. The van der Waals surface area contributed by atoms with Gasteiger partial charge in [0.2, 0.25) is 0 Å². The van der Waals surface area contributed by atoms with E-state index < -0.39 is 5.79 Å². The largest absolute Gasteiger partial charge is 0.491 e. The van der Waals surface area contributed by atoms with Crippen LogP contribution in [-0.4, -0.2) is 60.6 Å². The Bertz CT molecular complexity index is 728. The lowest BCUT2D eigenvalue weighted by Gasteiger charge is -2.58. The normalized spacial score (nSPS) is 31.8. The van der Waals surface area contributed by atoms with Gasteiger partial charge in [0.1, 0.15) is 18.5 Å². The van der Waals surface area contributed by atoms with Gasteiger partial charge in [0.25, 0.3) is 0 Å². The molecule has 3 aliphatic heterocycles. The standard InChI is InChI=1S/C25H39NO5/c1-6-24(7-2)18-25(29-14-19(3)31-25)17-23(4,5)26(24)30-13-12-20-8-10-21(11-9-20)27-15-22-16-28-22/h8-11,19,22H,6-7,12-18H2,1-5H3. The number of hydrogen-bond acceptors (Lipinski definition) is 6. The summed E-state index contributed by atoms with van der Waals surface area (Å²) in [5.41, 5.74) is 0.960. The number of piperidine rings is 1. The van der Waals surface area contributed by atoms with Crippen LogP contribution in [0.15, 0.2) is 24.3 Å². The highest BCUT2D eigenvalue weighted by molar-refractivity contribution is 5.27. The van der Waals surface area contributed by atoms with Crippen molar-refractivity contribution in [3.63, 3.8) is 0 Å². The van der Waals surface area contributed by atoms with Crippen LogP contribution in [0.2, 0.25) is 0 Å². The molecular weight excluding hydrogens is 394 g/mol. The fraction of sp³-hybridized carbons (Fsp3) is 0.760. The highest BCUT2D eigenvalue weighted by Crippen LogP contribution is 2.51. The Balaban J connectivity index is 1.38. The first-order valence-corrected chi connectivity index (χ1v) is 11.9. The van der Waals surface area contributed by atoms with Crippen molar-refractivity contribution in [1.29, 1.82) is 0 Å². The summed E-state index contributed by atoms with van der Waals surface area (Å²) in [7, 11) is 0. The Morgan fingerprint density at radius 1 is 1.06 bits per heavy atom. The minimum absolute atomic E-state index is 0.103. The quantitative estimate of drug-likeness (QED) is 0.535. The van der Waals surface area contributed by atoms with Crippen molar-refractivity contribution in [3.05, 3.63) is 29.8 Å². The van der Waals surface area contributed by atoms with E-state index in [-0.39, 0.29) is 23.3 Å². The summed E-state index contributed by atoms with van der Waals surface area (Å²) in [4.78, 5) is 6.52. The third kappa shape index (κ3) is 5.09. The van der Waals surface area contributed by atoms with E-state index >= 15 is 0 Å². The summed E-state index contributed by atoms with van der Waals surface area (Å²) in [6.07, 6.45) is 4.93. The highest BCUT2D eigenvalue weighted by atomic mass is 16.7. The van der Waals surface area contributed by atoms with Gasteiger partial charge in [0.15, 0.2) is 5.79 Å². The van der Waals surface area contributed by atoms with Crippen LogP contribution >= 0.6 is 0 Å². The molecule has 3 fully saturated rings. The van der Waals surface area contributed by atoms with Crippen molar-refractivity contribution in [1.82, 2.24) is 5.06 Å². The first-order valence-electron chi connectivity index (χ1n) is 11.9. The van der Waals surface area contributed by atoms with Crippen molar-refractivity contribution in [3.8, 4) is 5.75 Å². The van der Waals surface area contributed by atoms with Gasteiger partial charge in [0.05, 0.1) is 31.5 Å². The maximum absolute atomic E-state index is 6.52. The lowest BCUT2D eigenvalue weighted by molar-refractivity contribution is -0.345. The molecule has 6 nitrogen and oxygen atoms in total. The number of nitrogens with zero attached hydrogens (tertiary/aromatic N) is 1. The second kappa shape index (κ2) is 8.99. The molecule has 3 aliphatic rings. The molecule has 3 heterocycles. The van der Waals surface area contributed by atoms with Gasteiger partial charge in [-0.15, -0.1) is 0 Å². The summed E-state index contributed by atoms with van der Waals surface area (Å²) in [6, 6.07) is 8.31. The molecule has 1 aromatic carbocycles. The molecule has 3 saturated heterocycles. The molecule has 0 saturated carbocycles. The monoisotopic (exact) mass is 433 g/mol. The molecule has 3 atom stereocenters. The van der Waals surface area contributed by atoms with Gasteiger partial charge < -0.3 is 18.9 Å². The summed E-state index contributed by atoms with van der Waals surface area (Å²) in [5, 5.41) is 2.27. The predicted octanol–water partition coefficient (Wildman–Crippen LogP) is 4.50. The minimum atomic E-state index is -0.490. The summed E-state index contributed by atoms with van der Waals surface area (Å²) in [5.74, 6) is 0.403. The zero-order valence-corrected chi connectivity index (χ0v) is 19.8. The molecule has 6 heteroatoms. The SMILES string of the molecule is CCC1(CC)CC2(CC(C)(C)N1OCCc1ccc(OCC3CO3)cc1)OCC(C)O2. The van der Waals surface area contributed by atoms with Crippen LogP contribution in [0.25, 0.3) is 0 Å². The molecule has 1 aromatic rings. The van der Waals surface area contributed by atoms with E-state index in [0.29, 0.717) is 19.8 Å². The van der Waals surface area contributed by atoms with Gasteiger partial charge in [-0.2, -0.15) is 5.06 Å². The summed E-state index contributed by atoms with van der Waals surface area (Å²) in [6.45, 7) is 13.9. The molecule has 174 valence electrons. The van der Waals surface area contributed by atoms with Gasteiger partial charge >= 0.3 is 0 Å². The van der Waals surface area contributed by atoms with E-state index in [4.69, 9.17) is 23.8 Å². The molecular formula is C25H39NO5. The van der Waals surface area contributed by atoms with E-state index in [1.54, 1.807) is 0 Å².